The van der Waals surface area contributed by atoms with Crippen LogP contribution in [0.4, 0.5) is 5.69 Å². The smallest absolute Gasteiger partial charge is 0.338 e. The van der Waals surface area contributed by atoms with Crippen molar-refractivity contribution in [3.8, 4) is 0 Å². The van der Waals surface area contributed by atoms with Crippen LogP contribution in [0.2, 0.25) is 0 Å². The average molecular weight is 787 g/mol. The Morgan fingerprint density at radius 2 is 0.873 bits per heavy atom. The Bertz CT molecular complexity index is 1260. The second kappa shape index (κ2) is 25.3. The molecule has 0 fully saturated rings. The SMILES string of the molecule is [N-]=[N+]=Nc1ccc(C(=O)OCCCCCCCCCCCCC(C(=O)NC(CO)(CO)CO)(C(=O)NC(CO)(CO)CO)C(=O)NC(CO)(CO)CO)cc1. The number of nitrogens with one attached hydrogen (secondary N) is 3. The third-order valence-corrected chi connectivity index (χ3v) is 9.47. The number of aliphatic hydroxyl groups excluding tert-OH is 9. The van der Waals surface area contributed by atoms with Gasteiger partial charge in [-0.1, -0.05) is 75.0 Å². The first-order chi connectivity index (χ1) is 26.4. The molecule has 0 unspecified atom stereocenters. The average Bonchev–Trinajstić information content (AvgIpc) is 3.21. The molecule has 0 saturated heterocycles. The van der Waals surface area contributed by atoms with Crippen LogP contribution in [0.5, 0.6) is 0 Å². The maximum atomic E-state index is 14.0. The fourth-order valence-electron chi connectivity index (χ4n) is 5.37. The van der Waals surface area contributed by atoms with Gasteiger partial charge in [0.2, 0.25) is 23.1 Å². The monoisotopic (exact) mass is 786 g/mol. The summed E-state index contributed by atoms with van der Waals surface area (Å²) in [6.07, 6.45) is 6.30. The summed E-state index contributed by atoms with van der Waals surface area (Å²) >= 11 is 0. The van der Waals surface area contributed by atoms with Crippen molar-refractivity contribution in [1.29, 1.82) is 0 Å². The molecule has 0 aromatic heterocycles. The van der Waals surface area contributed by atoms with Gasteiger partial charge in [0.25, 0.3) is 0 Å². The van der Waals surface area contributed by atoms with Crippen LogP contribution < -0.4 is 16.0 Å². The zero-order chi connectivity index (χ0) is 41.4. The molecule has 3 amide bonds. The summed E-state index contributed by atoms with van der Waals surface area (Å²) in [6.45, 7) is -9.01. The van der Waals surface area contributed by atoms with Crippen LogP contribution in [-0.4, -0.2) is 152 Å². The van der Waals surface area contributed by atoms with E-state index in [0.29, 0.717) is 30.5 Å². The number of amides is 3. The van der Waals surface area contributed by atoms with Crippen molar-refractivity contribution in [3.63, 3.8) is 0 Å². The normalized spacial score (nSPS) is 12.1. The first-order valence-corrected chi connectivity index (χ1v) is 18.1. The second-order valence-electron chi connectivity index (χ2n) is 13.7. The summed E-state index contributed by atoms with van der Waals surface area (Å²) in [7, 11) is 0. The van der Waals surface area contributed by atoms with Crippen molar-refractivity contribution in [3.05, 3.63) is 40.3 Å². The minimum Gasteiger partial charge on any atom is -0.462 e. The Labute approximate surface area is 319 Å². The Kier molecular flexibility index (Phi) is 22.5. The summed E-state index contributed by atoms with van der Waals surface area (Å²) < 4.78 is 5.28. The Balaban J connectivity index is 2.92. The Morgan fingerprint density at radius 3 is 1.20 bits per heavy atom. The molecule has 55 heavy (non-hydrogen) atoms. The highest BCUT2D eigenvalue weighted by Crippen LogP contribution is 2.31. The highest BCUT2D eigenvalue weighted by molar-refractivity contribution is 6.23. The maximum absolute atomic E-state index is 14.0. The van der Waals surface area contributed by atoms with E-state index in [1.807, 2.05) is 0 Å². The van der Waals surface area contributed by atoms with Crippen LogP contribution in [0.1, 0.15) is 81.0 Å². The Hall–Kier alpha value is -3.95. The molecule has 1 rings (SSSR count). The highest BCUT2D eigenvalue weighted by Gasteiger charge is 2.56. The highest BCUT2D eigenvalue weighted by atomic mass is 16.5. The van der Waals surface area contributed by atoms with Crippen LogP contribution >= 0.6 is 0 Å². The van der Waals surface area contributed by atoms with E-state index in [1.165, 1.54) is 24.3 Å². The lowest BCUT2D eigenvalue weighted by atomic mass is 9.77. The van der Waals surface area contributed by atoms with Gasteiger partial charge in [-0.05, 0) is 30.5 Å². The summed E-state index contributed by atoms with van der Waals surface area (Å²) in [5, 5.41) is 98.8. The number of hydrogen-bond donors (Lipinski definition) is 12. The second-order valence-corrected chi connectivity index (χ2v) is 13.7. The molecule has 0 atom stereocenters. The van der Waals surface area contributed by atoms with Gasteiger partial charge in [-0.3, -0.25) is 14.4 Å². The van der Waals surface area contributed by atoms with Crippen molar-refractivity contribution in [2.45, 2.75) is 87.2 Å². The van der Waals surface area contributed by atoms with E-state index < -0.39 is 112 Å². The van der Waals surface area contributed by atoms with Gasteiger partial charge < -0.3 is 66.6 Å². The molecule has 0 saturated carbocycles. The van der Waals surface area contributed by atoms with Gasteiger partial charge in [0.15, 0.2) is 0 Å². The molecule has 0 spiro atoms. The quantitative estimate of drug-likeness (QED) is 0.0106. The van der Waals surface area contributed by atoms with E-state index >= 15 is 0 Å². The lowest BCUT2D eigenvalue weighted by molar-refractivity contribution is -0.158. The summed E-state index contributed by atoms with van der Waals surface area (Å²) in [5.41, 5.74) is -0.0532. The fourth-order valence-corrected chi connectivity index (χ4v) is 5.37. The van der Waals surface area contributed by atoms with Crippen LogP contribution in [0.25, 0.3) is 10.4 Å². The molecule has 0 aliphatic carbocycles. The van der Waals surface area contributed by atoms with Crippen molar-refractivity contribution in [2.24, 2.45) is 10.5 Å². The van der Waals surface area contributed by atoms with Gasteiger partial charge in [-0.25, -0.2) is 4.79 Å². The number of aliphatic hydroxyl groups is 9. The van der Waals surface area contributed by atoms with E-state index in [1.54, 1.807) is 0 Å². The number of unbranched alkanes of at least 4 members (excludes halogenated alkanes) is 9. The van der Waals surface area contributed by atoms with Crippen molar-refractivity contribution >= 4 is 29.4 Å². The molecule has 0 heterocycles. The number of hydrogen-bond acceptors (Lipinski definition) is 15. The third kappa shape index (κ3) is 14.3. The number of azide groups is 1. The lowest BCUT2D eigenvalue weighted by Gasteiger charge is -2.40. The van der Waals surface area contributed by atoms with Crippen LogP contribution in [0, 0.1) is 5.41 Å². The molecule has 0 radical (unpaired) electrons. The van der Waals surface area contributed by atoms with E-state index in [-0.39, 0.29) is 13.0 Å². The van der Waals surface area contributed by atoms with Crippen LogP contribution in [-0.2, 0) is 19.1 Å². The summed E-state index contributed by atoms with van der Waals surface area (Å²) in [5.74, 6) is -4.80. The predicted molar refractivity (Wildman–Crippen MR) is 195 cm³/mol. The number of benzene rings is 1. The molecule has 0 aliphatic rings. The minimum atomic E-state index is -2.88. The van der Waals surface area contributed by atoms with Gasteiger partial charge in [0.05, 0.1) is 71.6 Å². The van der Waals surface area contributed by atoms with Gasteiger partial charge in [0, 0.05) is 10.6 Å². The van der Waals surface area contributed by atoms with E-state index in [0.717, 1.165) is 38.5 Å². The summed E-state index contributed by atoms with van der Waals surface area (Å²) in [6, 6.07) is 6.08. The van der Waals surface area contributed by atoms with Gasteiger partial charge in [0.1, 0.15) is 16.6 Å². The number of ether oxygens (including phenoxy) is 1. The molecule has 20 heteroatoms. The number of rotatable bonds is 30. The number of esters is 1. The minimum absolute atomic E-state index is 0.0318. The first-order valence-electron chi connectivity index (χ1n) is 18.1. The summed E-state index contributed by atoms with van der Waals surface area (Å²) in [4.78, 5) is 56.9. The Morgan fingerprint density at radius 1 is 0.545 bits per heavy atom. The molecule has 312 valence electrons. The van der Waals surface area contributed by atoms with Crippen LogP contribution in [0.3, 0.4) is 0 Å². The molecule has 1 aromatic carbocycles. The van der Waals surface area contributed by atoms with E-state index in [9.17, 15) is 65.1 Å². The number of carbonyl (C=O) groups is 4. The lowest BCUT2D eigenvalue weighted by Crippen LogP contribution is -2.71. The van der Waals surface area contributed by atoms with Gasteiger partial charge in [-0.2, -0.15) is 0 Å². The molecule has 0 bridgehead atoms. The van der Waals surface area contributed by atoms with Crippen molar-refractivity contribution in [1.82, 2.24) is 16.0 Å². The fraction of sp³-hybridized carbons (Fsp3) is 0.714. The first kappa shape index (κ1) is 49.1. The zero-order valence-electron chi connectivity index (χ0n) is 31.1. The largest absolute Gasteiger partial charge is 0.462 e. The number of nitrogens with zero attached hydrogens (tertiary/aromatic N) is 3. The molecular weight excluding hydrogens is 728 g/mol. The topological polar surface area (TPSA) is 344 Å². The third-order valence-electron chi connectivity index (χ3n) is 9.47. The predicted octanol–water partition coefficient (Wildman–Crippen LogP) is -1.44. The van der Waals surface area contributed by atoms with Gasteiger partial charge >= 0.3 is 5.97 Å². The van der Waals surface area contributed by atoms with Crippen molar-refractivity contribution in [2.75, 3.05) is 66.1 Å². The standard InChI is InChI=1S/C35H58N6O14/c36-41-40-27-13-11-26(12-14-27)28(51)55-16-10-8-6-4-2-1-3-5-7-9-15-35(29(52)37-32(17-42,18-43)19-44,30(53)38-33(20-45,21-46)22-47)31(54)39-34(23-48,24-49)25-50/h11-14,42-50H,1-10,15-25H2,(H,37,52)(H,38,53)(H,39,54). The molecular formula is C35H58N6O14. The van der Waals surface area contributed by atoms with E-state index in [4.69, 9.17) is 10.3 Å². The zero-order valence-corrected chi connectivity index (χ0v) is 31.1. The van der Waals surface area contributed by atoms with Crippen LogP contribution in [0.15, 0.2) is 29.4 Å². The van der Waals surface area contributed by atoms with Crippen molar-refractivity contribution < 1.29 is 69.9 Å². The molecule has 0 aliphatic heterocycles. The maximum Gasteiger partial charge on any atom is 0.338 e. The number of carbonyl (C=O) groups excluding carboxylic acids is 4. The molecule has 20 nitrogen and oxygen atoms in total. The van der Waals surface area contributed by atoms with E-state index in [2.05, 4.69) is 26.0 Å². The molecule has 12 N–H and O–H groups in total. The van der Waals surface area contributed by atoms with Gasteiger partial charge in [-0.15, -0.1) is 0 Å². The molecule has 1 aromatic rings.